The molecule has 0 radical (unpaired) electrons. The maximum absolute atomic E-state index is 13.3. The van der Waals surface area contributed by atoms with Crippen LogP contribution >= 0.6 is 0 Å². The number of hydrogen-bond donors (Lipinski definition) is 1. The minimum atomic E-state index is -0.132. The van der Waals surface area contributed by atoms with Gasteiger partial charge in [0.2, 0.25) is 0 Å². The van der Waals surface area contributed by atoms with Gasteiger partial charge in [-0.2, -0.15) is 0 Å². The van der Waals surface area contributed by atoms with Crippen LogP contribution in [-0.2, 0) is 0 Å². The van der Waals surface area contributed by atoms with Crippen LogP contribution in [-0.4, -0.2) is 25.7 Å². The first-order valence-corrected chi connectivity index (χ1v) is 6.48. The highest BCUT2D eigenvalue weighted by atomic mass is 19.1. The summed E-state index contributed by atoms with van der Waals surface area (Å²) in [6.45, 7) is 5.07. The molecule has 1 aliphatic carbocycles. The lowest BCUT2D eigenvalue weighted by atomic mass is 10.1. The molecule has 0 bridgehead atoms. The second-order valence-corrected chi connectivity index (χ2v) is 5.27. The Morgan fingerprint density at radius 3 is 2.94 bits per heavy atom. The molecule has 3 rings (SSSR count). The van der Waals surface area contributed by atoms with Gasteiger partial charge in [0, 0.05) is 31.4 Å². The van der Waals surface area contributed by atoms with Crippen molar-refractivity contribution in [3.8, 4) is 0 Å². The van der Waals surface area contributed by atoms with Crippen LogP contribution in [0.2, 0.25) is 0 Å². The van der Waals surface area contributed by atoms with Gasteiger partial charge in [-0.05, 0) is 43.4 Å². The molecular formula is C14H19FN2. The zero-order valence-electron chi connectivity index (χ0n) is 10.2. The van der Waals surface area contributed by atoms with Crippen molar-refractivity contribution in [2.75, 3.05) is 24.5 Å². The zero-order chi connectivity index (χ0) is 11.8. The quantitative estimate of drug-likeness (QED) is 0.845. The predicted octanol–water partition coefficient (Wildman–Crippen LogP) is 2.32. The van der Waals surface area contributed by atoms with Crippen LogP contribution in [0.15, 0.2) is 18.2 Å². The van der Waals surface area contributed by atoms with Crippen LogP contribution in [0.1, 0.15) is 18.4 Å². The van der Waals surface area contributed by atoms with E-state index >= 15 is 0 Å². The zero-order valence-corrected chi connectivity index (χ0v) is 10.2. The van der Waals surface area contributed by atoms with Crippen molar-refractivity contribution in [3.63, 3.8) is 0 Å². The first-order chi connectivity index (χ1) is 8.24. The van der Waals surface area contributed by atoms with Gasteiger partial charge in [-0.1, -0.05) is 6.07 Å². The number of nitrogens with zero attached hydrogens (tertiary/aromatic N) is 1. The maximum Gasteiger partial charge on any atom is 0.125 e. The number of aryl methyl sites for hydroxylation is 1. The molecule has 0 amide bonds. The average Bonchev–Trinajstić information content (AvgIpc) is 3.17. The van der Waals surface area contributed by atoms with E-state index in [0.29, 0.717) is 6.04 Å². The third-order valence-electron chi connectivity index (χ3n) is 3.91. The normalized spacial score (nSPS) is 25.1. The van der Waals surface area contributed by atoms with E-state index < -0.39 is 0 Å². The summed E-state index contributed by atoms with van der Waals surface area (Å²) >= 11 is 0. The van der Waals surface area contributed by atoms with Gasteiger partial charge in [0.15, 0.2) is 0 Å². The topological polar surface area (TPSA) is 15.3 Å². The van der Waals surface area contributed by atoms with Crippen LogP contribution < -0.4 is 10.2 Å². The highest BCUT2D eigenvalue weighted by molar-refractivity contribution is 5.54. The summed E-state index contributed by atoms with van der Waals surface area (Å²) in [6, 6.07) is 5.69. The summed E-state index contributed by atoms with van der Waals surface area (Å²) in [5.41, 5.74) is 2.24. The summed E-state index contributed by atoms with van der Waals surface area (Å²) in [7, 11) is 0. The van der Waals surface area contributed by atoms with Crippen molar-refractivity contribution in [1.82, 2.24) is 5.32 Å². The van der Waals surface area contributed by atoms with E-state index in [-0.39, 0.29) is 5.82 Å². The lowest BCUT2D eigenvalue weighted by Gasteiger charge is -2.36. The molecule has 1 aliphatic heterocycles. The number of halogens is 1. The Hall–Kier alpha value is -1.09. The van der Waals surface area contributed by atoms with Crippen molar-refractivity contribution in [3.05, 3.63) is 29.6 Å². The maximum atomic E-state index is 13.3. The fourth-order valence-corrected chi connectivity index (χ4v) is 2.73. The number of rotatable bonds is 2. The molecule has 1 aromatic carbocycles. The lowest BCUT2D eigenvalue weighted by Crippen LogP contribution is -2.52. The molecule has 1 unspecified atom stereocenters. The Kier molecular flexibility index (Phi) is 2.79. The van der Waals surface area contributed by atoms with Gasteiger partial charge in [-0.15, -0.1) is 0 Å². The molecule has 1 heterocycles. The Bertz CT molecular complexity index is 415. The van der Waals surface area contributed by atoms with Crippen molar-refractivity contribution in [1.29, 1.82) is 0 Å². The fourth-order valence-electron chi connectivity index (χ4n) is 2.73. The highest BCUT2D eigenvalue weighted by Crippen LogP contribution is 2.34. The molecule has 3 heteroatoms. The van der Waals surface area contributed by atoms with Gasteiger partial charge in [-0.25, -0.2) is 4.39 Å². The Morgan fingerprint density at radius 1 is 1.35 bits per heavy atom. The molecule has 92 valence electrons. The minimum absolute atomic E-state index is 0.132. The summed E-state index contributed by atoms with van der Waals surface area (Å²) in [5, 5.41) is 3.58. The van der Waals surface area contributed by atoms with Crippen LogP contribution in [0.25, 0.3) is 0 Å². The monoisotopic (exact) mass is 234 g/mol. The van der Waals surface area contributed by atoms with E-state index in [4.69, 9.17) is 0 Å². The third kappa shape index (κ3) is 2.29. The molecule has 1 aromatic rings. The van der Waals surface area contributed by atoms with E-state index in [0.717, 1.165) is 31.2 Å². The summed E-state index contributed by atoms with van der Waals surface area (Å²) in [5.74, 6) is 0.721. The first kappa shape index (κ1) is 11.0. The minimum Gasteiger partial charge on any atom is -0.368 e. The van der Waals surface area contributed by atoms with Crippen LogP contribution in [0.3, 0.4) is 0 Å². The van der Waals surface area contributed by atoms with Gasteiger partial charge in [-0.3, -0.25) is 0 Å². The van der Waals surface area contributed by atoms with E-state index in [1.165, 1.54) is 18.4 Å². The highest BCUT2D eigenvalue weighted by Gasteiger charge is 2.34. The van der Waals surface area contributed by atoms with Gasteiger partial charge < -0.3 is 10.2 Å². The number of hydrogen-bond acceptors (Lipinski definition) is 2. The van der Waals surface area contributed by atoms with Crippen molar-refractivity contribution in [2.45, 2.75) is 25.8 Å². The standard InChI is InChI=1S/C14H19FN2/c1-10-2-5-12(15)8-14(10)17-7-6-16-13(9-17)11-3-4-11/h2,5,8,11,13,16H,3-4,6-7,9H2,1H3. The molecule has 2 aliphatic rings. The smallest absolute Gasteiger partial charge is 0.125 e. The van der Waals surface area contributed by atoms with E-state index in [1.54, 1.807) is 12.1 Å². The Labute approximate surface area is 102 Å². The van der Waals surface area contributed by atoms with E-state index in [2.05, 4.69) is 17.1 Å². The molecule has 0 aromatic heterocycles. The average molecular weight is 234 g/mol. The molecule has 1 saturated heterocycles. The third-order valence-corrected chi connectivity index (χ3v) is 3.91. The molecule has 1 atom stereocenters. The van der Waals surface area contributed by atoms with Gasteiger partial charge in [0.25, 0.3) is 0 Å². The van der Waals surface area contributed by atoms with Crippen molar-refractivity contribution < 1.29 is 4.39 Å². The Morgan fingerprint density at radius 2 is 2.18 bits per heavy atom. The number of piperazine rings is 1. The Balaban J connectivity index is 1.79. The molecule has 1 saturated carbocycles. The van der Waals surface area contributed by atoms with E-state index in [9.17, 15) is 4.39 Å². The fraction of sp³-hybridized carbons (Fsp3) is 0.571. The molecular weight excluding hydrogens is 215 g/mol. The SMILES string of the molecule is Cc1ccc(F)cc1N1CCNC(C2CC2)C1. The second-order valence-electron chi connectivity index (χ2n) is 5.27. The number of benzene rings is 1. The molecule has 2 fully saturated rings. The summed E-state index contributed by atoms with van der Waals surface area (Å²) in [4.78, 5) is 2.33. The van der Waals surface area contributed by atoms with Gasteiger partial charge in [0.05, 0.1) is 0 Å². The molecule has 0 spiro atoms. The second kappa shape index (κ2) is 4.30. The van der Waals surface area contributed by atoms with Crippen molar-refractivity contribution >= 4 is 5.69 Å². The van der Waals surface area contributed by atoms with Crippen LogP contribution in [0, 0.1) is 18.7 Å². The largest absolute Gasteiger partial charge is 0.368 e. The van der Waals surface area contributed by atoms with Crippen LogP contribution in [0.4, 0.5) is 10.1 Å². The number of nitrogens with one attached hydrogen (secondary N) is 1. The van der Waals surface area contributed by atoms with Crippen molar-refractivity contribution in [2.24, 2.45) is 5.92 Å². The molecule has 2 nitrogen and oxygen atoms in total. The summed E-state index contributed by atoms with van der Waals surface area (Å²) < 4.78 is 13.3. The molecule has 1 N–H and O–H groups in total. The first-order valence-electron chi connectivity index (χ1n) is 6.48. The lowest BCUT2D eigenvalue weighted by molar-refractivity contribution is 0.418. The summed E-state index contributed by atoms with van der Waals surface area (Å²) in [6.07, 6.45) is 2.71. The number of anilines is 1. The predicted molar refractivity (Wildman–Crippen MR) is 67.9 cm³/mol. The van der Waals surface area contributed by atoms with E-state index in [1.807, 2.05) is 6.07 Å². The molecule has 17 heavy (non-hydrogen) atoms. The van der Waals surface area contributed by atoms with Gasteiger partial charge in [0.1, 0.15) is 5.82 Å². The van der Waals surface area contributed by atoms with Crippen LogP contribution in [0.5, 0.6) is 0 Å². The van der Waals surface area contributed by atoms with Gasteiger partial charge >= 0.3 is 0 Å².